The third-order valence-electron chi connectivity index (χ3n) is 5.73. The molecule has 0 heterocycles. The van der Waals surface area contributed by atoms with Gasteiger partial charge in [-0.25, -0.2) is 0 Å². The van der Waals surface area contributed by atoms with Crippen molar-refractivity contribution >= 4 is 0 Å². The Kier molecular flexibility index (Phi) is 3.58. The van der Waals surface area contributed by atoms with Crippen LogP contribution in [0, 0.1) is 28.6 Å². The van der Waals surface area contributed by atoms with Crippen molar-refractivity contribution < 1.29 is 0 Å². The van der Waals surface area contributed by atoms with Gasteiger partial charge in [-0.1, -0.05) is 67.7 Å². The van der Waals surface area contributed by atoms with Gasteiger partial charge in [-0.3, -0.25) is 0 Å². The molecule has 0 aromatic heterocycles. The van der Waals surface area contributed by atoms with E-state index in [1.807, 2.05) is 0 Å². The summed E-state index contributed by atoms with van der Waals surface area (Å²) in [6.45, 7) is 16.9. The van der Waals surface area contributed by atoms with Crippen LogP contribution in [0.4, 0.5) is 0 Å². The lowest BCUT2D eigenvalue weighted by atomic mass is 9.81. The molecule has 0 amide bonds. The van der Waals surface area contributed by atoms with Gasteiger partial charge in [0, 0.05) is 0 Å². The predicted octanol–water partition coefficient (Wildman–Crippen LogP) is 5.13. The summed E-state index contributed by atoms with van der Waals surface area (Å²) >= 11 is 0. The van der Waals surface area contributed by atoms with Crippen molar-refractivity contribution in [1.82, 2.24) is 0 Å². The van der Waals surface area contributed by atoms with Crippen molar-refractivity contribution in [1.29, 1.82) is 0 Å². The minimum Gasteiger partial charge on any atom is -0.0628 e. The maximum Gasteiger partial charge on any atom is -0.0215 e. The zero-order valence-corrected chi connectivity index (χ0v) is 11.9. The predicted molar refractivity (Wildman–Crippen MR) is 68.9 cm³/mol. The van der Waals surface area contributed by atoms with Gasteiger partial charge >= 0.3 is 0 Å². The Hall–Kier alpha value is 0. The topological polar surface area (TPSA) is 0 Å². The number of hydrogen-bond donors (Lipinski definition) is 0. The second kappa shape index (κ2) is 4.11. The zero-order valence-electron chi connectivity index (χ0n) is 11.9. The quantitative estimate of drug-likeness (QED) is 0.590. The lowest BCUT2D eigenvalue weighted by Gasteiger charge is -2.24. The molecule has 90 valence electrons. The second-order valence-electron chi connectivity index (χ2n) is 6.95. The maximum absolute atomic E-state index is 2.50. The van der Waals surface area contributed by atoms with Crippen molar-refractivity contribution in [3.63, 3.8) is 0 Å². The van der Waals surface area contributed by atoms with Crippen molar-refractivity contribution in [3.05, 3.63) is 0 Å². The Balaban J connectivity index is 2.39. The molecule has 3 unspecified atom stereocenters. The highest BCUT2D eigenvalue weighted by atomic mass is 14.7. The van der Waals surface area contributed by atoms with Crippen molar-refractivity contribution in [2.24, 2.45) is 28.6 Å². The molecule has 3 atom stereocenters. The first-order chi connectivity index (χ1) is 6.74. The Morgan fingerprint density at radius 2 is 1.47 bits per heavy atom. The maximum atomic E-state index is 2.50. The van der Waals surface area contributed by atoms with Gasteiger partial charge in [-0.2, -0.15) is 0 Å². The van der Waals surface area contributed by atoms with Crippen LogP contribution in [-0.2, 0) is 0 Å². The summed E-state index contributed by atoms with van der Waals surface area (Å²) in [7, 11) is 0. The van der Waals surface area contributed by atoms with Crippen LogP contribution in [0.5, 0.6) is 0 Å². The van der Waals surface area contributed by atoms with Crippen LogP contribution >= 0.6 is 0 Å². The van der Waals surface area contributed by atoms with E-state index in [2.05, 4.69) is 48.5 Å². The molecule has 1 aliphatic carbocycles. The van der Waals surface area contributed by atoms with Crippen LogP contribution < -0.4 is 0 Å². The fourth-order valence-corrected chi connectivity index (χ4v) is 3.51. The van der Waals surface area contributed by atoms with Crippen LogP contribution in [0.3, 0.4) is 0 Å². The third-order valence-corrected chi connectivity index (χ3v) is 5.73. The highest BCUT2D eigenvalue weighted by Crippen LogP contribution is 2.72. The molecular formula is C15H30. The summed E-state index contributed by atoms with van der Waals surface area (Å²) in [5.74, 6) is 2.66. The van der Waals surface area contributed by atoms with Crippen molar-refractivity contribution in [2.75, 3.05) is 0 Å². The van der Waals surface area contributed by atoms with Gasteiger partial charge in [-0.15, -0.1) is 0 Å². The summed E-state index contributed by atoms with van der Waals surface area (Å²) in [5, 5.41) is 0. The second-order valence-corrected chi connectivity index (χ2v) is 6.95. The largest absolute Gasteiger partial charge is 0.0628 e. The minimum atomic E-state index is 0.574. The highest BCUT2D eigenvalue weighted by molar-refractivity contribution is 5.14. The Bertz CT molecular complexity index is 214. The van der Waals surface area contributed by atoms with Crippen LogP contribution in [-0.4, -0.2) is 0 Å². The Morgan fingerprint density at radius 1 is 1.00 bits per heavy atom. The van der Waals surface area contributed by atoms with E-state index in [-0.39, 0.29) is 0 Å². The first-order valence-corrected chi connectivity index (χ1v) is 6.74. The van der Waals surface area contributed by atoms with Gasteiger partial charge in [0.25, 0.3) is 0 Å². The lowest BCUT2D eigenvalue weighted by molar-refractivity contribution is 0.258. The first-order valence-electron chi connectivity index (χ1n) is 6.74. The molecule has 0 nitrogen and oxygen atoms in total. The number of hydrogen-bond acceptors (Lipinski definition) is 0. The van der Waals surface area contributed by atoms with Crippen LogP contribution in [0.2, 0.25) is 0 Å². The molecule has 1 fully saturated rings. The molecule has 0 aromatic carbocycles. The van der Waals surface area contributed by atoms with Crippen LogP contribution in [0.15, 0.2) is 0 Å². The minimum absolute atomic E-state index is 0.574. The summed E-state index contributed by atoms with van der Waals surface area (Å²) < 4.78 is 0. The van der Waals surface area contributed by atoms with Gasteiger partial charge in [-0.05, 0) is 28.6 Å². The average molecular weight is 210 g/mol. The molecule has 0 radical (unpaired) electrons. The standard InChI is InChI=1S/C15H30/c1-11(2)9-8-10-12(3)15(7)13(4)14(15,5)6/h11-13H,8-10H2,1-7H3. The molecule has 0 saturated heterocycles. The van der Waals surface area contributed by atoms with E-state index in [9.17, 15) is 0 Å². The molecule has 1 saturated carbocycles. The summed E-state index contributed by atoms with van der Waals surface area (Å²) in [6.07, 6.45) is 4.23. The summed E-state index contributed by atoms with van der Waals surface area (Å²) in [5.41, 5.74) is 1.17. The van der Waals surface area contributed by atoms with Gasteiger partial charge in [0.15, 0.2) is 0 Å². The fraction of sp³-hybridized carbons (Fsp3) is 1.00. The van der Waals surface area contributed by atoms with E-state index in [1.54, 1.807) is 0 Å². The van der Waals surface area contributed by atoms with Gasteiger partial charge in [0.05, 0.1) is 0 Å². The zero-order chi connectivity index (χ0) is 11.9. The van der Waals surface area contributed by atoms with Gasteiger partial charge in [0.2, 0.25) is 0 Å². The van der Waals surface area contributed by atoms with Gasteiger partial charge < -0.3 is 0 Å². The highest BCUT2D eigenvalue weighted by Gasteiger charge is 2.66. The summed E-state index contributed by atoms with van der Waals surface area (Å²) in [6, 6.07) is 0. The third kappa shape index (κ3) is 2.10. The molecule has 0 bridgehead atoms. The van der Waals surface area contributed by atoms with E-state index in [4.69, 9.17) is 0 Å². The van der Waals surface area contributed by atoms with Crippen LogP contribution in [0.25, 0.3) is 0 Å². The summed E-state index contributed by atoms with van der Waals surface area (Å²) in [4.78, 5) is 0. The van der Waals surface area contributed by atoms with E-state index >= 15 is 0 Å². The van der Waals surface area contributed by atoms with E-state index in [1.165, 1.54) is 19.3 Å². The fourth-order valence-electron chi connectivity index (χ4n) is 3.51. The Labute approximate surface area is 96.8 Å². The molecule has 0 spiro atoms. The molecule has 0 aromatic rings. The molecule has 15 heavy (non-hydrogen) atoms. The molecule has 1 aliphatic rings. The molecule has 0 heteroatoms. The van der Waals surface area contributed by atoms with E-state index in [0.717, 1.165) is 17.8 Å². The van der Waals surface area contributed by atoms with Crippen molar-refractivity contribution in [2.45, 2.75) is 67.7 Å². The molecule has 1 rings (SSSR count). The number of rotatable bonds is 5. The van der Waals surface area contributed by atoms with E-state index < -0.39 is 0 Å². The van der Waals surface area contributed by atoms with Gasteiger partial charge in [0.1, 0.15) is 0 Å². The lowest BCUT2D eigenvalue weighted by Crippen LogP contribution is -2.15. The van der Waals surface area contributed by atoms with Crippen LogP contribution in [0.1, 0.15) is 67.7 Å². The van der Waals surface area contributed by atoms with Crippen molar-refractivity contribution in [3.8, 4) is 0 Å². The Morgan fingerprint density at radius 3 is 1.80 bits per heavy atom. The molecule has 0 aliphatic heterocycles. The SMILES string of the molecule is CC(C)CCCC(C)C1(C)C(C)C1(C)C. The molecule has 0 N–H and O–H groups in total. The average Bonchev–Trinajstić information content (AvgIpc) is 2.50. The normalized spacial score (nSPS) is 35.6. The smallest absolute Gasteiger partial charge is 0.0215 e. The molecular weight excluding hydrogens is 180 g/mol. The monoisotopic (exact) mass is 210 g/mol. The van der Waals surface area contributed by atoms with E-state index in [0.29, 0.717) is 10.8 Å². The first kappa shape index (κ1) is 13.1.